The first-order valence-electron chi connectivity index (χ1n) is 7.94. The molecule has 0 nitrogen and oxygen atoms in total. The van der Waals surface area contributed by atoms with E-state index in [0.29, 0.717) is 0 Å². The zero-order valence-electron chi connectivity index (χ0n) is 13.5. The molecule has 1 saturated heterocycles. The van der Waals surface area contributed by atoms with Crippen LogP contribution in [-0.4, -0.2) is 24.5 Å². The van der Waals surface area contributed by atoms with E-state index in [1.54, 1.807) is 3.91 Å². The molecule has 0 aromatic heterocycles. The van der Waals surface area contributed by atoms with Crippen molar-refractivity contribution in [3.63, 3.8) is 0 Å². The maximum Gasteiger partial charge on any atom is 0.673 e. The zero-order chi connectivity index (χ0) is 16.8. The van der Waals surface area contributed by atoms with Crippen LogP contribution in [0.3, 0.4) is 0 Å². The molecular formula is C14H27BF4S3. The molecule has 0 bridgehead atoms. The first-order chi connectivity index (χ1) is 10.4. The summed E-state index contributed by atoms with van der Waals surface area (Å²) in [5.41, 5.74) is 0. The van der Waals surface area contributed by atoms with E-state index in [9.17, 15) is 17.3 Å². The van der Waals surface area contributed by atoms with Gasteiger partial charge in [0.25, 0.3) is 3.91 Å². The normalized spacial score (nSPS) is 18.3. The Labute approximate surface area is 145 Å². The Bertz CT molecular complexity index is 249. The Morgan fingerprint density at radius 2 is 1.50 bits per heavy atom. The van der Waals surface area contributed by atoms with Gasteiger partial charge in [0.2, 0.25) is 0 Å². The molecule has 1 aliphatic rings. The fraction of sp³-hybridized carbons (Fsp3) is 0.929. The lowest BCUT2D eigenvalue weighted by atomic mass is 10.1. The Morgan fingerprint density at radius 3 is 1.95 bits per heavy atom. The highest BCUT2D eigenvalue weighted by Crippen LogP contribution is 2.51. The van der Waals surface area contributed by atoms with E-state index in [-0.39, 0.29) is 0 Å². The average Bonchev–Trinajstić information content (AvgIpc) is 2.88. The molecule has 132 valence electrons. The Kier molecular flexibility index (Phi) is 14.5. The molecule has 1 heterocycles. The van der Waals surface area contributed by atoms with E-state index in [2.05, 4.69) is 36.7 Å². The van der Waals surface area contributed by atoms with Gasteiger partial charge >= 0.3 is 7.25 Å². The van der Waals surface area contributed by atoms with Crippen molar-refractivity contribution in [1.82, 2.24) is 0 Å². The predicted molar refractivity (Wildman–Crippen MR) is 98.0 cm³/mol. The van der Waals surface area contributed by atoms with Crippen LogP contribution in [0.1, 0.15) is 64.7 Å². The zero-order valence-corrected chi connectivity index (χ0v) is 15.9. The molecule has 1 unspecified atom stereocenters. The van der Waals surface area contributed by atoms with Gasteiger partial charge in [0.05, 0.1) is 46.3 Å². The molecule has 1 atom stereocenters. The fourth-order valence-corrected chi connectivity index (χ4v) is 6.00. The Balaban J connectivity index is 0.000000763. The van der Waals surface area contributed by atoms with Gasteiger partial charge in [-0.1, -0.05) is 58.3 Å². The molecule has 0 radical (unpaired) electrons. The minimum Gasteiger partial charge on any atom is -0.418 e. The third-order valence-electron chi connectivity index (χ3n) is 3.20. The topological polar surface area (TPSA) is 0 Å². The number of hydrogen-bond acceptors (Lipinski definition) is 3. The fourth-order valence-electron chi connectivity index (χ4n) is 2.12. The van der Waals surface area contributed by atoms with Crippen LogP contribution >= 0.6 is 35.3 Å². The monoisotopic (exact) mass is 378 g/mol. The number of thioether (sulfide) groups is 3. The number of hydrogen-bond donors (Lipinski definition) is 0. The highest BCUT2D eigenvalue weighted by Gasteiger charge is 2.38. The van der Waals surface area contributed by atoms with Gasteiger partial charge in [-0.05, 0) is 6.42 Å². The third-order valence-corrected chi connectivity index (χ3v) is 7.76. The SMILES string of the molecule is CCCCCCCCCCC1CS[C+](SC)S1.F[B-](F)(F)F. The molecule has 0 N–H and O–H groups in total. The summed E-state index contributed by atoms with van der Waals surface area (Å²) < 4.78 is 40.6. The van der Waals surface area contributed by atoms with Gasteiger partial charge in [-0.25, -0.2) is 0 Å². The highest BCUT2D eigenvalue weighted by molar-refractivity contribution is 8.38. The van der Waals surface area contributed by atoms with E-state index in [4.69, 9.17) is 0 Å². The smallest absolute Gasteiger partial charge is 0.418 e. The maximum atomic E-state index is 9.75. The van der Waals surface area contributed by atoms with Crippen molar-refractivity contribution in [3.8, 4) is 0 Å². The van der Waals surface area contributed by atoms with Crippen molar-refractivity contribution in [1.29, 1.82) is 0 Å². The summed E-state index contributed by atoms with van der Waals surface area (Å²) >= 11 is 6.13. The molecule has 0 aliphatic carbocycles. The first-order valence-corrected chi connectivity index (χ1v) is 11.0. The van der Waals surface area contributed by atoms with Crippen molar-refractivity contribution in [2.45, 2.75) is 70.0 Å². The van der Waals surface area contributed by atoms with Crippen LogP contribution in [0.2, 0.25) is 0 Å². The van der Waals surface area contributed by atoms with Crippen LogP contribution in [0, 0.1) is 3.91 Å². The summed E-state index contributed by atoms with van der Waals surface area (Å²) in [7, 11) is -6.00. The quantitative estimate of drug-likeness (QED) is 0.167. The maximum absolute atomic E-state index is 9.75. The Morgan fingerprint density at radius 1 is 1.00 bits per heavy atom. The van der Waals surface area contributed by atoms with Crippen molar-refractivity contribution >= 4 is 42.5 Å². The standard InChI is InChI=1S/C14H27S3.BF4/c1-3-4-5-6-7-8-9-10-11-13-12-16-14(15-2)17-13;2-1(3,4)5/h13H,3-12H2,1-2H3;/q+1;-1. The van der Waals surface area contributed by atoms with Crippen molar-refractivity contribution in [2.24, 2.45) is 0 Å². The second-order valence-electron chi connectivity index (χ2n) is 5.26. The average molecular weight is 378 g/mol. The summed E-state index contributed by atoms with van der Waals surface area (Å²) in [6.07, 6.45) is 15.2. The summed E-state index contributed by atoms with van der Waals surface area (Å²) in [5, 5.41) is 0.919. The summed E-state index contributed by atoms with van der Waals surface area (Å²) in [6.45, 7) is 2.29. The van der Waals surface area contributed by atoms with Crippen molar-refractivity contribution in [3.05, 3.63) is 3.91 Å². The van der Waals surface area contributed by atoms with Crippen molar-refractivity contribution < 1.29 is 17.3 Å². The number of halogens is 4. The largest absolute Gasteiger partial charge is 0.673 e. The predicted octanol–water partition coefficient (Wildman–Crippen LogP) is 7.48. The van der Waals surface area contributed by atoms with Gasteiger partial charge in [0.15, 0.2) is 0 Å². The molecule has 0 aromatic carbocycles. The van der Waals surface area contributed by atoms with E-state index in [1.165, 1.54) is 63.5 Å². The number of unbranched alkanes of at least 4 members (excludes halogenated alkanes) is 7. The van der Waals surface area contributed by atoms with E-state index in [0.717, 1.165) is 5.25 Å². The molecule has 0 spiro atoms. The molecule has 0 saturated carbocycles. The number of rotatable bonds is 10. The highest BCUT2D eigenvalue weighted by atomic mass is 32.3. The molecule has 1 fully saturated rings. The van der Waals surface area contributed by atoms with Gasteiger partial charge in [0.1, 0.15) is 0 Å². The van der Waals surface area contributed by atoms with Crippen LogP contribution in [0.5, 0.6) is 0 Å². The molecule has 22 heavy (non-hydrogen) atoms. The second kappa shape index (κ2) is 14.1. The molecule has 8 heteroatoms. The lowest BCUT2D eigenvalue weighted by Gasteiger charge is -2.03. The first kappa shape index (κ1) is 22.7. The van der Waals surface area contributed by atoms with Crippen LogP contribution in [0.15, 0.2) is 0 Å². The van der Waals surface area contributed by atoms with Crippen molar-refractivity contribution in [2.75, 3.05) is 12.0 Å². The lowest BCUT2D eigenvalue weighted by molar-refractivity contribution is 0.368. The van der Waals surface area contributed by atoms with Crippen LogP contribution in [0.4, 0.5) is 17.3 Å². The minimum absolute atomic E-state index is 0.919. The van der Waals surface area contributed by atoms with Crippen LogP contribution in [0.25, 0.3) is 0 Å². The molecule has 1 rings (SSSR count). The summed E-state index contributed by atoms with van der Waals surface area (Å²) in [4.78, 5) is 0. The van der Waals surface area contributed by atoms with Gasteiger partial charge < -0.3 is 17.3 Å². The van der Waals surface area contributed by atoms with Gasteiger partial charge in [-0.2, -0.15) is 0 Å². The van der Waals surface area contributed by atoms with Gasteiger partial charge in [0, 0.05) is 6.26 Å². The lowest BCUT2D eigenvalue weighted by Crippen LogP contribution is -2.02. The second-order valence-corrected chi connectivity index (χ2v) is 9.20. The molecule has 1 aliphatic heterocycles. The molecule has 0 amide bonds. The van der Waals surface area contributed by atoms with Crippen LogP contribution < -0.4 is 0 Å². The van der Waals surface area contributed by atoms with Gasteiger partial charge in [-0.3, -0.25) is 0 Å². The van der Waals surface area contributed by atoms with E-state index >= 15 is 0 Å². The summed E-state index contributed by atoms with van der Waals surface area (Å²) in [5.74, 6) is 1.36. The minimum atomic E-state index is -6.00. The Hall–Kier alpha value is 0.705. The molecular weight excluding hydrogens is 351 g/mol. The van der Waals surface area contributed by atoms with Gasteiger partial charge in [-0.15, -0.1) is 0 Å². The molecule has 0 aromatic rings. The third kappa shape index (κ3) is 17.1. The summed E-state index contributed by atoms with van der Waals surface area (Å²) in [6, 6.07) is 0. The van der Waals surface area contributed by atoms with E-state index < -0.39 is 7.25 Å². The van der Waals surface area contributed by atoms with E-state index in [1.807, 2.05) is 11.8 Å². The van der Waals surface area contributed by atoms with Crippen LogP contribution in [-0.2, 0) is 0 Å².